The van der Waals surface area contributed by atoms with Crippen molar-refractivity contribution in [1.29, 1.82) is 0 Å². The van der Waals surface area contributed by atoms with Crippen LogP contribution in [0.15, 0.2) is 42.6 Å². The second kappa shape index (κ2) is 6.39. The minimum absolute atomic E-state index is 0.896. The number of aromatic amines is 2. The minimum atomic E-state index is 0.896. The SMILES string of the molecule is Cc1ccc2[nH]nnc2c1C.Cc1ccccc1-c1c[nH]nn1. The first-order chi connectivity index (χ1) is 11.2. The van der Waals surface area contributed by atoms with E-state index in [1.165, 1.54) is 16.7 Å². The second-order valence-electron chi connectivity index (χ2n) is 5.39. The molecular weight excluding hydrogens is 288 g/mol. The highest BCUT2D eigenvalue weighted by Crippen LogP contribution is 2.19. The lowest BCUT2D eigenvalue weighted by atomic mass is 10.1. The number of nitrogens with zero attached hydrogens (tertiary/aromatic N) is 4. The number of aryl methyl sites for hydroxylation is 3. The van der Waals surface area contributed by atoms with E-state index in [1.54, 1.807) is 6.20 Å². The topological polar surface area (TPSA) is 83.1 Å². The number of nitrogens with one attached hydrogen (secondary N) is 2. The van der Waals surface area contributed by atoms with Crippen molar-refractivity contribution in [2.75, 3.05) is 0 Å². The van der Waals surface area contributed by atoms with E-state index in [0.717, 1.165) is 22.3 Å². The van der Waals surface area contributed by atoms with Gasteiger partial charge in [-0.1, -0.05) is 40.8 Å². The number of hydrogen-bond acceptors (Lipinski definition) is 4. The van der Waals surface area contributed by atoms with Gasteiger partial charge in [-0.05, 0) is 43.5 Å². The molecule has 0 aliphatic heterocycles. The molecule has 0 fully saturated rings. The lowest BCUT2D eigenvalue weighted by molar-refractivity contribution is 0.942. The number of benzene rings is 2. The standard InChI is InChI=1S/C9H9N3.C8H9N3/c1-7-4-2-3-5-8(7)9-6-10-12-11-9;1-5-3-4-7-8(6(5)2)10-11-9-7/h2-6H,1H3,(H,10,11,12);3-4H,1-2H3,(H,9,10,11). The molecule has 2 N–H and O–H groups in total. The maximum atomic E-state index is 3.97. The molecule has 0 saturated carbocycles. The largest absolute Gasteiger partial charge is 0.265 e. The van der Waals surface area contributed by atoms with Gasteiger partial charge in [0.25, 0.3) is 0 Å². The minimum Gasteiger partial charge on any atom is -0.265 e. The zero-order chi connectivity index (χ0) is 16.2. The molecule has 0 atom stereocenters. The van der Waals surface area contributed by atoms with Crippen molar-refractivity contribution in [3.8, 4) is 11.3 Å². The van der Waals surface area contributed by atoms with Crippen LogP contribution in [0.4, 0.5) is 0 Å². The van der Waals surface area contributed by atoms with Crippen LogP contribution in [-0.2, 0) is 0 Å². The fourth-order valence-electron chi connectivity index (χ4n) is 2.34. The Morgan fingerprint density at radius 3 is 2.39 bits per heavy atom. The van der Waals surface area contributed by atoms with E-state index in [0.29, 0.717) is 0 Å². The molecule has 4 aromatic rings. The average molecular weight is 306 g/mol. The van der Waals surface area contributed by atoms with Gasteiger partial charge >= 0.3 is 0 Å². The van der Waals surface area contributed by atoms with Crippen molar-refractivity contribution in [1.82, 2.24) is 30.8 Å². The number of fused-ring (bicyclic) bond motifs is 1. The van der Waals surface area contributed by atoms with E-state index in [4.69, 9.17) is 0 Å². The molecule has 0 radical (unpaired) electrons. The van der Waals surface area contributed by atoms with Gasteiger partial charge in [0.05, 0.1) is 5.52 Å². The Bertz CT molecular complexity index is 908. The van der Waals surface area contributed by atoms with Crippen molar-refractivity contribution >= 4 is 11.0 Å². The molecule has 2 heterocycles. The van der Waals surface area contributed by atoms with Gasteiger partial charge in [-0.2, -0.15) is 0 Å². The molecule has 116 valence electrons. The van der Waals surface area contributed by atoms with Crippen LogP contribution in [0.2, 0.25) is 0 Å². The average Bonchev–Trinajstić information content (AvgIpc) is 3.23. The molecule has 6 nitrogen and oxygen atoms in total. The maximum absolute atomic E-state index is 3.97. The summed E-state index contributed by atoms with van der Waals surface area (Å²) < 4.78 is 0. The summed E-state index contributed by atoms with van der Waals surface area (Å²) in [4.78, 5) is 0. The Kier molecular flexibility index (Phi) is 4.14. The highest BCUT2D eigenvalue weighted by Gasteiger charge is 2.02. The van der Waals surface area contributed by atoms with Crippen LogP contribution in [0, 0.1) is 20.8 Å². The number of aromatic nitrogens is 6. The molecule has 6 heteroatoms. The summed E-state index contributed by atoms with van der Waals surface area (Å²) in [5.74, 6) is 0. The third-order valence-corrected chi connectivity index (χ3v) is 3.86. The summed E-state index contributed by atoms with van der Waals surface area (Å²) in [5, 5.41) is 20.8. The molecule has 23 heavy (non-hydrogen) atoms. The van der Waals surface area contributed by atoms with Gasteiger partial charge in [0.1, 0.15) is 11.2 Å². The number of H-pyrrole nitrogens is 2. The van der Waals surface area contributed by atoms with E-state index in [9.17, 15) is 0 Å². The monoisotopic (exact) mass is 306 g/mol. The summed E-state index contributed by atoms with van der Waals surface area (Å²) >= 11 is 0. The fraction of sp³-hybridized carbons (Fsp3) is 0.176. The van der Waals surface area contributed by atoms with Gasteiger partial charge in [0, 0.05) is 11.8 Å². The summed E-state index contributed by atoms with van der Waals surface area (Å²) in [5.41, 5.74) is 7.69. The Morgan fingerprint density at radius 1 is 0.826 bits per heavy atom. The lowest BCUT2D eigenvalue weighted by Gasteiger charge is -1.98. The zero-order valence-electron chi connectivity index (χ0n) is 13.3. The highest BCUT2D eigenvalue weighted by atomic mass is 15.3. The van der Waals surface area contributed by atoms with E-state index < -0.39 is 0 Å². The molecule has 0 unspecified atom stereocenters. The van der Waals surface area contributed by atoms with E-state index >= 15 is 0 Å². The van der Waals surface area contributed by atoms with Gasteiger partial charge in [-0.25, -0.2) is 0 Å². The van der Waals surface area contributed by atoms with E-state index in [-0.39, 0.29) is 0 Å². The van der Waals surface area contributed by atoms with Crippen LogP contribution in [-0.4, -0.2) is 30.8 Å². The molecule has 0 amide bonds. The first-order valence-electron chi connectivity index (χ1n) is 7.36. The first-order valence-corrected chi connectivity index (χ1v) is 7.36. The number of hydrogen-bond donors (Lipinski definition) is 2. The quantitative estimate of drug-likeness (QED) is 0.565. The Labute approximate surface area is 133 Å². The third-order valence-electron chi connectivity index (χ3n) is 3.86. The normalized spacial score (nSPS) is 10.4. The lowest BCUT2D eigenvalue weighted by Crippen LogP contribution is -1.81. The highest BCUT2D eigenvalue weighted by molar-refractivity contribution is 5.78. The summed E-state index contributed by atoms with van der Waals surface area (Å²) in [6.45, 7) is 6.19. The molecule has 0 saturated heterocycles. The van der Waals surface area contributed by atoms with Crippen molar-refractivity contribution in [3.63, 3.8) is 0 Å². The van der Waals surface area contributed by atoms with Crippen LogP contribution >= 0.6 is 0 Å². The number of rotatable bonds is 1. The molecule has 0 aliphatic rings. The Hall–Kier alpha value is -3.02. The van der Waals surface area contributed by atoms with Crippen LogP contribution < -0.4 is 0 Å². The molecule has 2 aromatic carbocycles. The van der Waals surface area contributed by atoms with Crippen molar-refractivity contribution in [2.45, 2.75) is 20.8 Å². The molecule has 2 aromatic heterocycles. The molecule has 0 bridgehead atoms. The maximum Gasteiger partial charge on any atom is 0.116 e. The van der Waals surface area contributed by atoms with Crippen LogP contribution in [0.3, 0.4) is 0 Å². The Morgan fingerprint density at radius 2 is 1.65 bits per heavy atom. The van der Waals surface area contributed by atoms with Crippen LogP contribution in [0.5, 0.6) is 0 Å². The Balaban J connectivity index is 0.000000136. The predicted molar refractivity (Wildman–Crippen MR) is 89.9 cm³/mol. The summed E-state index contributed by atoms with van der Waals surface area (Å²) in [7, 11) is 0. The molecule has 4 rings (SSSR count). The molecule has 0 aliphatic carbocycles. The van der Waals surface area contributed by atoms with Gasteiger partial charge < -0.3 is 0 Å². The van der Waals surface area contributed by atoms with Crippen molar-refractivity contribution < 1.29 is 0 Å². The van der Waals surface area contributed by atoms with Crippen molar-refractivity contribution in [2.24, 2.45) is 0 Å². The molecule has 0 spiro atoms. The molecular formula is C17H18N6. The summed E-state index contributed by atoms with van der Waals surface area (Å²) in [6, 6.07) is 12.2. The summed E-state index contributed by atoms with van der Waals surface area (Å²) in [6.07, 6.45) is 1.79. The van der Waals surface area contributed by atoms with Crippen LogP contribution in [0.1, 0.15) is 16.7 Å². The van der Waals surface area contributed by atoms with E-state index in [2.05, 4.69) is 63.7 Å². The predicted octanol–water partition coefficient (Wildman–Crippen LogP) is 3.35. The van der Waals surface area contributed by atoms with Gasteiger partial charge in [0.2, 0.25) is 0 Å². The van der Waals surface area contributed by atoms with E-state index in [1.807, 2.05) is 24.3 Å². The second-order valence-corrected chi connectivity index (χ2v) is 5.39. The van der Waals surface area contributed by atoms with Crippen molar-refractivity contribution in [3.05, 3.63) is 59.3 Å². The van der Waals surface area contributed by atoms with Crippen LogP contribution in [0.25, 0.3) is 22.3 Å². The van der Waals surface area contributed by atoms with Gasteiger partial charge in [-0.15, -0.1) is 10.2 Å². The zero-order valence-corrected chi connectivity index (χ0v) is 13.3. The smallest absolute Gasteiger partial charge is 0.116 e. The van der Waals surface area contributed by atoms with Gasteiger partial charge in [0.15, 0.2) is 0 Å². The fourth-order valence-corrected chi connectivity index (χ4v) is 2.34. The first kappa shape index (κ1) is 14.9. The van der Waals surface area contributed by atoms with Gasteiger partial charge in [-0.3, -0.25) is 10.2 Å². The third kappa shape index (κ3) is 3.11.